The third-order valence-corrected chi connectivity index (χ3v) is 6.10. The first-order valence-corrected chi connectivity index (χ1v) is 10.8. The Morgan fingerprint density at radius 3 is 2.50 bits per heavy atom. The lowest BCUT2D eigenvalue weighted by molar-refractivity contribution is -0.120. The van der Waals surface area contributed by atoms with E-state index in [1.54, 1.807) is 31.4 Å². The molecule has 2 aliphatic heterocycles. The molecule has 1 N–H and O–H groups in total. The topological polar surface area (TPSA) is 79.3 Å². The fourth-order valence-corrected chi connectivity index (χ4v) is 4.52. The van der Waals surface area contributed by atoms with Crippen LogP contribution in [0.2, 0.25) is 0 Å². The minimum Gasteiger partial charge on any atom is -0.496 e. The Kier molecular flexibility index (Phi) is 6.19. The van der Waals surface area contributed by atoms with Crippen LogP contribution in [0.15, 0.2) is 48.2 Å². The summed E-state index contributed by atoms with van der Waals surface area (Å²) in [5, 5.41) is 9.72. The molecule has 1 fully saturated rings. The van der Waals surface area contributed by atoms with Gasteiger partial charge in [-0.2, -0.15) is 0 Å². The number of methoxy groups -OCH3 is 2. The van der Waals surface area contributed by atoms with E-state index in [2.05, 4.69) is 0 Å². The van der Waals surface area contributed by atoms with Crippen LogP contribution in [0.4, 0.5) is 5.69 Å². The summed E-state index contributed by atoms with van der Waals surface area (Å²) in [5.74, 6) is 0.225. The predicted octanol–water partition coefficient (Wildman–Crippen LogP) is 3.00. The van der Waals surface area contributed by atoms with Gasteiger partial charge < -0.3 is 19.5 Å². The molecule has 2 aromatic carbocycles. The number of hydrogen-bond donors (Lipinski definition) is 1. The number of nitrogens with zero attached hydrogens (tertiary/aromatic N) is 2. The molecular formula is C25H28N2O5. The van der Waals surface area contributed by atoms with Gasteiger partial charge in [0.25, 0.3) is 11.8 Å². The number of amides is 2. The van der Waals surface area contributed by atoms with Crippen molar-refractivity contribution in [2.75, 3.05) is 38.8 Å². The van der Waals surface area contributed by atoms with Gasteiger partial charge in [0.15, 0.2) is 0 Å². The number of benzene rings is 2. The van der Waals surface area contributed by atoms with Crippen molar-refractivity contribution >= 4 is 23.1 Å². The number of likely N-dealkylation sites (tertiary alicyclic amines) is 1. The van der Waals surface area contributed by atoms with Crippen LogP contribution >= 0.6 is 0 Å². The van der Waals surface area contributed by atoms with E-state index >= 15 is 0 Å². The standard InChI is InChI=1S/C25H28N2O5/c1-16-10-11-21(32-3)19(13-16)27-24(29)22(18-8-4-5-9-20(18)31-2)23(25(27)30)26-12-6-7-17(14-26)15-28/h4-5,8-11,13,17,28H,6-7,12,14-15H2,1-3H3. The van der Waals surface area contributed by atoms with Crippen molar-refractivity contribution in [1.82, 2.24) is 4.90 Å². The lowest BCUT2D eigenvalue weighted by atomic mass is 9.96. The predicted molar refractivity (Wildman–Crippen MR) is 122 cm³/mol. The van der Waals surface area contributed by atoms with Crippen molar-refractivity contribution < 1.29 is 24.2 Å². The maximum atomic E-state index is 13.8. The molecule has 0 saturated carbocycles. The van der Waals surface area contributed by atoms with E-state index in [-0.39, 0.29) is 12.5 Å². The van der Waals surface area contributed by atoms with E-state index in [4.69, 9.17) is 9.47 Å². The molecule has 0 bridgehead atoms. The molecule has 0 aliphatic carbocycles. The van der Waals surface area contributed by atoms with Crippen molar-refractivity contribution in [3.8, 4) is 11.5 Å². The summed E-state index contributed by atoms with van der Waals surface area (Å²) in [7, 11) is 3.06. The summed E-state index contributed by atoms with van der Waals surface area (Å²) in [6, 6.07) is 12.6. The number of imide groups is 1. The second-order valence-electron chi connectivity index (χ2n) is 8.18. The Bertz CT molecular complexity index is 1080. The molecule has 2 amide bonds. The largest absolute Gasteiger partial charge is 0.496 e. The van der Waals surface area contributed by atoms with Crippen LogP contribution in [0.5, 0.6) is 11.5 Å². The van der Waals surface area contributed by atoms with Crippen LogP contribution in [0.1, 0.15) is 24.0 Å². The third kappa shape index (κ3) is 3.73. The number of ether oxygens (including phenoxy) is 2. The van der Waals surface area contributed by atoms with Crippen LogP contribution in [-0.4, -0.2) is 55.7 Å². The zero-order valence-corrected chi connectivity index (χ0v) is 18.6. The summed E-state index contributed by atoms with van der Waals surface area (Å²) < 4.78 is 11.0. The molecule has 1 atom stereocenters. The summed E-state index contributed by atoms with van der Waals surface area (Å²) >= 11 is 0. The highest BCUT2D eigenvalue weighted by Gasteiger charge is 2.45. The number of rotatable bonds is 6. The number of aryl methyl sites for hydroxylation is 1. The number of hydrogen-bond acceptors (Lipinski definition) is 6. The molecule has 2 heterocycles. The number of aliphatic hydroxyl groups is 1. The number of carbonyl (C=O) groups excluding carboxylic acids is 2. The Balaban J connectivity index is 1.89. The molecular weight excluding hydrogens is 408 g/mol. The first-order chi connectivity index (χ1) is 15.5. The van der Waals surface area contributed by atoms with Gasteiger partial charge in [0.1, 0.15) is 17.2 Å². The first kappa shape index (κ1) is 21.9. The van der Waals surface area contributed by atoms with Crippen molar-refractivity contribution in [2.24, 2.45) is 5.92 Å². The van der Waals surface area contributed by atoms with Crippen molar-refractivity contribution in [3.05, 3.63) is 59.3 Å². The van der Waals surface area contributed by atoms with Crippen molar-refractivity contribution in [3.63, 3.8) is 0 Å². The SMILES string of the molecule is COc1ccccc1C1=C(N2CCCC(CO)C2)C(=O)N(c2cc(C)ccc2OC)C1=O. The molecule has 1 unspecified atom stereocenters. The quantitative estimate of drug-likeness (QED) is 0.702. The van der Waals surface area contributed by atoms with E-state index in [9.17, 15) is 14.7 Å². The fraction of sp³-hybridized carbons (Fsp3) is 0.360. The van der Waals surface area contributed by atoms with E-state index in [1.165, 1.54) is 12.0 Å². The number of piperidine rings is 1. The smallest absolute Gasteiger partial charge is 0.282 e. The van der Waals surface area contributed by atoms with Gasteiger partial charge in [-0.3, -0.25) is 9.59 Å². The molecule has 2 aromatic rings. The average Bonchev–Trinajstić information content (AvgIpc) is 3.08. The minimum atomic E-state index is -0.412. The normalized spacial score (nSPS) is 19.1. The fourth-order valence-electron chi connectivity index (χ4n) is 4.52. The van der Waals surface area contributed by atoms with Crippen LogP contribution in [0.3, 0.4) is 0 Å². The first-order valence-electron chi connectivity index (χ1n) is 10.8. The van der Waals surface area contributed by atoms with Crippen molar-refractivity contribution in [2.45, 2.75) is 19.8 Å². The van der Waals surface area contributed by atoms with Gasteiger partial charge in [0, 0.05) is 25.3 Å². The maximum Gasteiger partial charge on any atom is 0.282 e. The summed E-state index contributed by atoms with van der Waals surface area (Å²) in [6.07, 6.45) is 1.73. The highest BCUT2D eigenvalue weighted by atomic mass is 16.5. The second-order valence-corrected chi connectivity index (χ2v) is 8.18. The lowest BCUT2D eigenvalue weighted by Gasteiger charge is -2.34. The second kappa shape index (κ2) is 9.04. The van der Waals surface area contributed by atoms with Crippen LogP contribution in [0, 0.1) is 12.8 Å². The van der Waals surface area contributed by atoms with Crippen molar-refractivity contribution in [1.29, 1.82) is 0 Å². The summed E-state index contributed by atoms with van der Waals surface area (Å²) in [4.78, 5) is 30.8. The van der Waals surface area contributed by atoms with E-state index < -0.39 is 11.8 Å². The molecule has 32 heavy (non-hydrogen) atoms. The highest BCUT2D eigenvalue weighted by Crippen LogP contribution is 2.42. The molecule has 0 radical (unpaired) electrons. The Labute approximate surface area is 187 Å². The molecule has 1 saturated heterocycles. The maximum absolute atomic E-state index is 13.8. The number of anilines is 1. The van der Waals surface area contributed by atoms with Gasteiger partial charge in [-0.15, -0.1) is 0 Å². The average molecular weight is 437 g/mol. The molecule has 4 rings (SSSR count). The Morgan fingerprint density at radius 1 is 1.03 bits per heavy atom. The number of carbonyl (C=O) groups is 2. The zero-order chi connectivity index (χ0) is 22.8. The number of para-hydroxylation sites is 1. The van der Waals surface area contributed by atoms with Crippen LogP contribution in [-0.2, 0) is 9.59 Å². The molecule has 168 valence electrons. The number of aliphatic hydroxyl groups excluding tert-OH is 1. The Hall–Kier alpha value is -3.32. The Morgan fingerprint density at radius 2 is 1.78 bits per heavy atom. The van der Waals surface area contributed by atoms with Gasteiger partial charge in [-0.25, -0.2) is 4.90 Å². The molecule has 7 heteroatoms. The zero-order valence-electron chi connectivity index (χ0n) is 18.6. The minimum absolute atomic E-state index is 0.0469. The molecule has 7 nitrogen and oxygen atoms in total. The molecule has 0 spiro atoms. The van der Waals surface area contributed by atoms with Crippen LogP contribution < -0.4 is 14.4 Å². The van der Waals surface area contributed by atoms with Gasteiger partial charge in [-0.1, -0.05) is 24.3 Å². The van der Waals surface area contributed by atoms with E-state index in [1.807, 2.05) is 30.0 Å². The van der Waals surface area contributed by atoms with Gasteiger partial charge >= 0.3 is 0 Å². The lowest BCUT2D eigenvalue weighted by Crippen LogP contribution is -2.40. The summed E-state index contributed by atoms with van der Waals surface area (Å²) in [6.45, 7) is 3.11. The monoisotopic (exact) mass is 436 g/mol. The van der Waals surface area contributed by atoms with Gasteiger partial charge in [0.2, 0.25) is 0 Å². The molecule has 2 aliphatic rings. The van der Waals surface area contributed by atoms with Gasteiger partial charge in [-0.05, 0) is 49.4 Å². The van der Waals surface area contributed by atoms with E-state index in [0.717, 1.165) is 18.4 Å². The summed E-state index contributed by atoms with van der Waals surface area (Å²) in [5.41, 5.74) is 2.56. The van der Waals surface area contributed by atoms with E-state index in [0.29, 0.717) is 47.1 Å². The van der Waals surface area contributed by atoms with Gasteiger partial charge in [0.05, 0.1) is 25.5 Å². The van der Waals surface area contributed by atoms with Crippen LogP contribution in [0.25, 0.3) is 5.57 Å². The highest BCUT2D eigenvalue weighted by molar-refractivity contribution is 6.46. The molecule has 0 aromatic heterocycles. The third-order valence-electron chi connectivity index (χ3n) is 6.10.